The van der Waals surface area contributed by atoms with Gasteiger partial charge in [0.15, 0.2) is 0 Å². The van der Waals surface area contributed by atoms with Crippen molar-refractivity contribution in [3.05, 3.63) is 54.0 Å². The Morgan fingerprint density at radius 1 is 1.25 bits per heavy atom. The molecule has 0 bridgehead atoms. The fourth-order valence-electron chi connectivity index (χ4n) is 2.97. The molecule has 126 valence electrons. The van der Waals surface area contributed by atoms with E-state index in [1.165, 1.54) is 12.0 Å². The Morgan fingerprint density at radius 3 is 2.75 bits per heavy atom. The quantitative estimate of drug-likeness (QED) is 0.349. The van der Waals surface area contributed by atoms with Crippen LogP contribution in [0.3, 0.4) is 0 Å². The molecule has 1 aliphatic rings. The van der Waals surface area contributed by atoms with Crippen LogP contribution in [-0.4, -0.2) is 33.6 Å². The number of nitrogens with one attached hydrogen (secondary N) is 2. The summed E-state index contributed by atoms with van der Waals surface area (Å²) in [6, 6.07) is 10.1. The number of nitrogens with zero attached hydrogens (tertiary/aromatic N) is 3. The summed E-state index contributed by atoms with van der Waals surface area (Å²) in [6.45, 7) is 4.00. The Morgan fingerprint density at radius 2 is 2.04 bits per heavy atom. The number of aromatic nitrogens is 2. The van der Waals surface area contributed by atoms with Crippen LogP contribution in [0.25, 0.3) is 11.3 Å². The van der Waals surface area contributed by atoms with Crippen molar-refractivity contribution in [2.24, 2.45) is 5.84 Å². The fourth-order valence-corrected chi connectivity index (χ4v) is 2.97. The van der Waals surface area contributed by atoms with Crippen molar-refractivity contribution in [3.63, 3.8) is 0 Å². The number of hydrogen-bond acceptors (Lipinski definition) is 5. The van der Waals surface area contributed by atoms with Crippen LogP contribution in [0.15, 0.2) is 48.4 Å². The molecule has 0 atom stereocenters. The van der Waals surface area contributed by atoms with Crippen molar-refractivity contribution in [2.75, 3.05) is 13.1 Å². The second kappa shape index (κ2) is 7.31. The minimum absolute atomic E-state index is 0.285. The summed E-state index contributed by atoms with van der Waals surface area (Å²) in [6.07, 6.45) is 7.11. The molecule has 3 rings (SSSR count). The molecule has 2 heterocycles. The molecule has 24 heavy (non-hydrogen) atoms. The summed E-state index contributed by atoms with van der Waals surface area (Å²) in [5.74, 6) is 6.71. The number of aryl methyl sites for hydroxylation is 1. The molecule has 0 radical (unpaired) electrons. The zero-order valence-electron chi connectivity index (χ0n) is 14.0. The van der Waals surface area contributed by atoms with Gasteiger partial charge >= 0.3 is 0 Å². The standard InChI is InChI=1S/C18H24N6/c1-14-6-5-7-15(12-14)16-8-11-24(22-16)17(19)13-18(21-20)23-9-3-2-4-10-23/h5-8,11-13,19,21H,2-4,9-10,20H2,1H3/b18-13+,19-17?. The molecular formula is C18H24N6. The third-order valence-corrected chi connectivity index (χ3v) is 4.27. The first-order valence-corrected chi connectivity index (χ1v) is 8.32. The van der Waals surface area contributed by atoms with Crippen LogP contribution in [0.5, 0.6) is 0 Å². The highest BCUT2D eigenvalue weighted by Crippen LogP contribution is 2.18. The molecule has 6 nitrogen and oxygen atoms in total. The number of piperidine rings is 1. The highest BCUT2D eigenvalue weighted by Gasteiger charge is 2.14. The molecule has 1 aromatic carbocycles. The summed E-state index contributed by atoms with van der Waals surface area (Å²) in [4.78, 5) is 2.18. The van der Waals surface area contributed by atoms with Crippen LogP contribution in [-0.2, 0) is 0 Å². The monoisotopic (exact) mass is 324 g/mol. The number of nitrogens with two attached hydrogens (primary N) is 1. The number of likely N-dealkylation sites (tertiary alicyclic amines) is 1. The predicted molar refractivity (Wildman–Crippen MR) is 96.4 cm³/mol. The highest BCUT2D eigenvalue weighted by atomic mass is 15.4. The van der Waals surface area contributed by atoms with Crippen molar-refractivity contribution < 1.29 is 0 Å². The van der Waals surface area contributed by atoms with Gasteiger partial charge in [0.25, 0.3) is 0 Å². The molecule has 0 saturated carbocycles. The van der Waals surface area contributed by atoms with E-state index < -0.39 is 0 Å². The molecule has 0 aliphatic carbocycles. The van der Waals surface area contributed by atoms with Crippen LogP contribution in [0.4, 0.5) is 0 Å². The Balaban J connectivity index is 1.78. The molecule has 1 aromatic heterocycles. The number of benzene rings is 1. The van der Waals surface area contributed by atoms with Crippen LogP contribution < -0.4 is 11.3 Å². The average molecular weight is 324 g/mol. The minimum Gasteiger partial charge on any atom is -0.357 e. The molecule has 0 amide bonds. The van der Waals surface area contributed by atoms with Crippen LogP contribution >= 0.6 is 0 Å². The molecule has 0 unspecified atom stereocenters. The smallest absolute Gasteiger partial charge is 0.149 e. The average Bonchev–Trinajstić information content (AvgIpc) is 3.10. The second-order valence-electron chi connectivity index (χ2n) is 6.12. The van der Waals surface area contributed by atoms with Gasteiger partial charge in [0, 0.05) is 30.9 Å². The maximum absolute atomic E-state index is 8.30. The number of hydrazine groups is 1. The van der Waals surface area contributed by atoms with E-state index in [-0.39, 0.29) is 5.84 Å². The van der Waals surface area contributed by atoms with Gasteiger partial charge in [0.1, 0.15) is 11.7 Å². The first-order chi connectivity index (χ1) is 11.7. The maximum atomic E-state index is 8.30. The first kappa shape index (κ1) is 16.3. The van der Waals surface area contributed by atoms with Gasteiger partial charge in [-0.2, -0.15) is 5.10 Å². The Kier molecular flexibility index (Phi) is 4.96. The van der Waals surface area contributed by atoms with Gasteiger partial charge in [-0.1, -0.05) is 23.8 Å². The molecule has 1 aliphatic heterocycles. The van der Waals surface area contributed by atoms with E-state index in [4.69, 9.17) is 11.3 Å². The lowest BCUT2D eigenvalue weighted by atomic mass is 10.1. The van der Waals surface area contributed by atoms with Crippen molar-refractivity contribution in [2.45, 2.75) is 26.2 Å². The van der Waals surface area contributed by atoms with E-state index in [9.17, 15) is 0 Å². The normalized spacial score (nSPS) is 15.4. The van der Waals surface area contributed by atoms with E-state index in [0.29, 0.717) is 0 Å². The lowest BCUT2D eigenvalue weighted by Gasteiger charge is -2.30. The van der Waals surface area contributed by atoms with Crippen molar-refractivity contribution >= 4 is 5.84 Å². The molecule has 2 aromatic rings. The lowest BCUT2D eigenvalue weighted by molar-refractivity contribution is 0.268. The lowest BCUT2D eigenvalue weighted by Crippen LogP contribution is -2.39. The zero-order chi connectivity index (χ0) is 16.9. The van der Waals surface area contributed by atoms with E-state index in [0.717, 1.165) is 43.0 Å². The zero-order valence-corrected chi connectivity index (χ0v) is 14.0. The summed E-state index contributed by atoms with van der Waals surface area (Å²) in [5.41, 5.74) is 5.83. The number of hydrogen-bond donors (Lipinski definition) is 3. The van der Waals surface area contributed by atoms with E-state index in [1.54, 1.807) is 17.0 Å². The third-order valence-electron chi connectivity index (χ3n) is 4.27. The van der Waals surface area contributed by atoms with Gasteiger partial charge in [-0.25, -0.2) is 10.5 Å². The van der Waals surface area contributed by atoms with Gasteiger partial charge in [-0.3, -0.25) is 5.41 Å². The summed E-state index contributed by atoms with van der Waals surface area (Å²) < 4.78 is 1.57. The van der Waals surface area contributed by atoms with Crippen LogP contribution in [0, 0.1) is 12.3 Å². The van der Waals surface area contributed by atoms with E-state index >= 15 is 0 Å². The van der Waals surface area contributed by atoms with Crippen molar-refractivity contribution in [1.29, 1.82) is 5.41 Å². The fraction of sp³-hybridized carbons (Fsp3) is 0.333. The highest BCUT2D eigenvalue weighted by molar-refractivity contribution is 5.92. The van der Waals surface area contributed by atoms with Gasteiger partial charge in [-0.15, -0.1) is 0 Å². The van der Waals surface area contributed by atoms with Gasteiger partial charge in [0.05, 0.1) is 5.69 Å². The Labute approximate surface area is 142 Å². The second-order valence-corrected chi connectivity index (χ2v) is 6.12. The largest absolute Gasteiger partial charge is 0.357 e. The van der Waals surface area contributed by atoms with Crippen molar-refractivity contribution in [3.8, 4) is 11.3 Å². The Hall–Kier alpha value is -2.60. The third kappa shape index (κ3) is 3.65. The first-order valence-electron chi connectivity index (χ1n) is 8.32. The van der Waals surface area contributed by atoms with Gasteiger partial charge in [-0.05, 0) is 38.3 Å². The van der Waals surface area contributed by atoms with Gasteiger partial charge < -0.3 is 10.3 Å². The summed E-state index contributed by atoms with van der Waals surface area (Å²) in [5, 5.41) is 12.8. The molecule has 4 N–H and O–H groups in total. The molecule has 0 spiro atoms. The molecular weight excluding hydrogens is 300 g/mol. The topological polar surface area (TPSA) is 83.0 Å². The Bertz CT molecular complexity index is 739. The molecule has 1 fully saturated rings. The van der Waals surface area contributed by atoms with Crippen LogP contribution in [0.1, 0.15) is 24.8 Å². The molecule has 1 saturated heterocycles. The predicted octanol–water partition coefficient (Wildman–Crippen LogP) is 2.47. The summed E-state index contributed by atoms with van der Waals surface area (Å²) in [7, 11) is 0. The molecule has 6 heteroatoms. The number of rotatable bonds is 4. The van der Waals surface area contributed by atoms with E-state index in [2.05, 4.69) is 34.5 Å². The SMILES string of the molecule is Cc1cccc(-c2ccn(C(=N)/C=C(\NN)N3CCCCC3)n2)c1. The maximum Gasteiger partial charge on any atom is 0.149 e. The van der Waals surface area contributed by atoms with Crippen LogP contribution in [0.2, 0.25) is 0 Å². The summed E-state index contributed by atoms with van der Waals surface area (Å²) >= 11 is 0. The van der Waals surface area contributed by atoms with E-state index in [1.807, 2.05) is 18.2 Å². The van der Waals surface area contributed by atoms with Gasteiger partial charge in [0.2, 0.25) is 0 Å². The van der Waals surface area contributed by atoms with Crippen molar-refractivity contribution in [1.82, 2.24) is 20.1 Å². The minimum atomic E-state index is 0.285. The number of allylic oxidation sites excluding steroid dienone is 1.